The van der Waals surface area contributed by atoms with Crippen molar-refractivity contribution in [2.24, 2.45) is 29.6 Å². The topological polar surface area (TPSA) is 121 Å². The third-order valence-electron chi connectivity index (χ3n) is 10.5. The van der Waals surface area contributed by atoms with E-state index in [0.717, 1.165) is 19.3 Å². The monoisotopic (exact) mass is 702 g/mol. The van der Waals surface area contributed by atoms with Crippen LogP contribution in [0.15, 0.2) is 30.3 Å². The van der Waals surface area contributed by atoms with Crippen LogP contribution in [0, 0.1) is 29.6 Å². The van der Waals surface area contributed by atoms with Gasteiger partial charge in [0.1, 0.15) is 6.04 Å². The lowest BCUT2D eigenvalue weighted by molar-refractivity contribution is -0.146. The summed E-state index contributed by atoms with van der Waals surface area (Å²) in [5.41, 5.74) is 1.17. The van der Waals surface area contributed by atoms with Crippen LogP contribution in [0.3, 0.4) is 0 Å². The van der Waals surface area contributed by atoms with Gasteiger partial charge in [0.25, 0.3) is 0 Å². The van der Waals surface area contributed by atoms with Gasteiger partial charge < -0.3 is 29.9 Å². The Morgan fingerprint density at radius 3 is 2.08 bits per heavy atom. The van der Waals surface area contributed by atoms with E-state index in [-0.39, 0.29) is 77.8 Å². The van der Waals surface area contributed by atoms with E-state index in [1.807, 2.05) is 88.8 Å². The average Bonchev–Trinajstić information content (AvgIpc) is 3.56. The molecule has 11 heteroatoms. The molecule has 0 bridgehead atoms. The van der Waals surface area contributed by atoms with Gasteiger partial charge in [0.05, 0.1) is 36.6 Å². The molecule has 2 N–H and O–H groups in total. The maximum Gasteiger partial charge on any atom is 0.245 e. The second-order valence-electron chi connectivity index (χ2n) is 15.1. The number of benzene rings is 1. The average molecular weight is 702 g/mol. The molecule has 1 aromatic rings. The van der Waals surface area contributed by atoms with Crippen molar-refractivity contribution in [3.8, 4) is 0 Å². The van der Waals surface area contributed by atoms with Gasteiger partial charge in [-0.2, -0.15) is 0 Å². The van der Waals surface area contributed by atoms with Crippen LogP contribution in [0.5, 0.6) is 0 Å². The number of ether oxygens (including phenoxy) is 2. The molecule has 50 heavy (non-hydrogen) atoms. The number of rotatable bonds is 20. The molecule has 1 fully saturated rings. The number of carbonyl (C=O) groups excluding carboxylic acids is 4. The summed E-state index contributed by atoms with van der Waals surface area (Å²) in [5, 5.41) is 6.09. The second-order valence-corrected chi connectivity index (χ2v) is 15.1. The van der Waals surface area contributed by atoms with E-state index < -0.39 is 12.1 Å². The summed E-state index contributed by atoms with van der Waals surface area (Å²) in [4.78, 5) is 59.8. The molecule has 1 aliphatic rings. The predicted molar refractivity (Wildman–Crippen MR) is 198 cm³/mol. The molecule has 0 unspecified atom stereocenters. The third kappa shape index (κ3) is 11.8. The summed E-state index contributed by atoms with van der Waals surface area (Å²) >= 11 is 0. The number of carbonyl (C=O) groups is 4. The van der Waals surface area contributed by atoms with Crippen molar-refractivity contribution in [2.75, 3.05) is 55.0 Å². The molecule has 284 valence electrons. The standard InChI is InChI=1S/C39H67N5O6/c1-13-27(6)35(43(10)39(48)33(25(2)3)41-38(47)34(26(4)5)42(8)9)31(49-11)23-32(45)44-22-20-30(24-44)36(50-12)28(7)37(46)40-21-19-29-17-15-14-16-18-29/h14-18,25-28,30-31,33-36H,13,19-24H2,1-12H3,(H,40,46)(H,41,47)/t27-,28+,30+,31+,33-,34-,35-,36-/m0/s1. The molecule has 0 aliphatic carbocycles. The first-order chi connectivity index (χ1) is 23.6. The number of likely N-dealkylation sites (N-methyl/N-ethyl adjacent to an activating group) is 2. The molecule has 0 aromatic heterocycles. The van der Waals surface area contributed by atoms with Gasteiger partial charge in [0, 0.05) is 46.8 Å². The van der Waals surface area contributed by atoms with Gasteiger partial charge in [-0.3, -0.25) is 24.1 Å². The van der Waals surface area contributed by atoms with Crippen molar-refractivity contribution in [3.63, 3.8) is 0 Å². The lowest BCUT2D eigenvalue weighted by Gasteiger charge is -2.40. The highest BCUT2D eigenvalue weighted by Gasteiger charge is 2.41. The van der Waals surface area contributed by atoms with Crippen LogP contribution < -0.4 is 10.6 Å². The number of nitrogens with one attached hydrogen (secondary N) is 2. The minimum absolute atomic E-state index is 0.0154. The second kappa shape index (κ2) is 20.7. The number of hydrogen-bond acceptors (Lipinski definition) is 7. The minimum Gasteiger partial charge on any atom is -0.380 e. The molecule has 8 atom stereocenters. The van der Waals surface area contributed by atoms with Crippen LogP contribution in [0.4, 0.5) is 0 Å². The Labute approximate surface area is 302 Å². The molecule has 0 radical (unpaired) electrons. The first kappa shape index (κ1) is 43.1. The Bertz CT molecular complexity index is 1200. The number of nitrogens with zero attached hydrogens (tertiary/aromatic N) is 3. The van der Waals surface area contributed by atoms with Gasteiger partial charge >= 0.3 is 0 Å². The van der Waals surface area contributed by atoms with Crippen LogP contribution in [0.25, 0.3) is 0 Å². The molecule has 11 nitrogen and oxygen atoms in total. The van der Waals surface area contributed by atoms with E-state index in [4.69, 9.17) is 9.47 Å². The lowest BCUT2D eigenvalue weighted by Crippen LogP contribution is -2.59. The fourth-order valence-corrected chi connectivity index (χ4v) is 7.51. The first-order valence-electron chi connectivity index (χ1n) is 18.5. The molecular formula is C39H67N5O6. The summed E-state index contributed by atoms with van der Waals surface area (Å²) in [6, 6.07) is 8.56. The normalized spacial score (nSPS) is 19.1. The SMILES string of the molecule is CC[C@H](C)[C@@H]([C@@H](CC(=O)N1CC[C@@H]([C@@H](OC)[C@@H](C)C(=O)NCCc2ccccc2)C1)OC)N(C)C(=O)[C@@H](NC(=O)[C@H](C(C)C)N(C)C)C(C)C. The van der Waals surface area contributed by atoms with Crippen LogP contribution in [0.2, 0.25) is 0 Å². The number of methoxy groups -OCH3 is 2. The fraction of sp³-hybridized carbons (Fsp3) is 0.744. The van der Waals surface area contributed by atoms with Gasteiger partial charge in [0.2, 0.25) is 23.6 Å². The van der Waals surface area contributed by atoms with Crippen LogP contribution >= 0.6 is 0 Å². The Morgan fingerprint density at radius 2 is 1.56 bits per heavy atom. The van der Waals surface area contributed by atoms with Crippen molar-refractivity contribution in [1.29, 1.82) is 0 Å². The van der Waals surface area contributed by atoms with E-state index in [9.17, 15) is 19.2 Å². The highest BCUT2D eigenvalue weighted by Crippen LogP contribution is 2.29. The maximum absolute atomic E-state index is 14.1. The van der Waals surface area contributed by atoms with Crippen molar-refractivity contribution >= 4 is 23.6 Å². The van der Waals surface area contributed by atoms with E-state index in [0.29, 0.717) is 19.6 Å². The Kier molecular flexibility index (Phi) is 17.9. The van der Waals surface area contributed by atoms with Crippen molar-refractivity contribution in [1.82, 2.24) is 25.3 Å². The van der Waals surface area contributed by atoms with Gasteiger partial charge in [-0.05, 0) is 50.3 Å². The van der Waals surface area contributed by atoms with Crippen LogP contribution in [0.1, 0.15) is 73.3 Å². The summed E-state index contributed by atoms with van der Waals surface area (Å²) in [6.07, 6.45) is 1.49. The van der Waals surface area contributed by atoms with Crippen molar-refractivity contribution in [2.45, 2.75) is 104 Å². The highest BCUT2D eigenvalue weighted by atomic mass is 16.5. The zero-order valence-corrected chi connectivity index (χ0v) is 32.9. The summed E-state index contributed by atoms with van der Waals surface area (Å²) < 4.78 is 11.8. The van der Waals surface area contributed by atoms with Gasteiger partial charge in [-0.25, -0.2) is 0 Å². The quantitative estimate of drug-likeness (QED) is 0.212. The Hall–Kier alpha value is -3.02. The maximum atomic E-state index is 14.1. The molecule has 1 aliphatic heterocycles. The van der Waals surface area contributed by atoms with Gasteiger partial charge in [-0.1, -0.05) is 85.2 Å². The molecule has 2 rings (SSSR count). The largest absolute Gasteiger partial charge is 0.380 e. The summed E-state index contributed by atoms with van der Waals surface area (Å²) in [6.45, 7) is 15.5. The molecule has 0 spiro atoms. The van der Waals surface area contributed by atoms with Crippen LogP contribution in [-0.4, -0.2) is 124 Å². The van der Waals surface area contributed by atoms with E-state index in [1.165, 1.54) is 5.56 Å². The first-order valence-corrected chi connectivity index (χ1v) is 18.5. The van der Waals surface area contributed by atoms with Crippen molar-refractivity contribution in [3.05, 3.63) is 35.9 Å². The Balaban J connectivity index is 2.11. The minimum atomic E-state index is -0.726. The summed E-state index contributed by atoms with van der Waals surface area (Å²) in [5.74, 6) is -0.899. The van der Waals surface area contributed by atoms with E-state index in [1.54, 1.807) is 26.2 Å². The zero-order chi connectivity index (χ0) is 37.7. The predicted octanol–water partition coefficient (Wildman–Crippen LogP) is 3.85. The zero-order valence-electron chi connectivity index (χ0n) is 32.9. The Morgan fingerprint density at radius 1 is 0.920 bits per heavy atom. The van der Waals surface area contributed by atoms with Crippen LogP contribution in [-0.2, 0) is 35.1 Å². The van der Waals surface area contributed by atoms with Gasteiger partial charge in [-0.15, -0.1) is 0 Å². The highest BCUT2D eigenvalue weighted by molar-refractivity contribution is 5.90. The van der Waals surface area contributed by atoms with Gasteiger partial charge in [0.15, 0.2) is 0 Å². The molecule has 0 saturated carbocycles. The smallest absolute Gasteiger partial charge is 0.245 e. The lowest BCUT2D eigenvalue weighted by atomic mass is 9.89. The number of hydrogen-bond donors (Lipinski definition) is 2. The van der Waals surface area contributed by atoms with E-state index >= 15 is 0 Å². The number of likely N-dealkylation sites (tertiary alicyclic amines) is 1. The molecule has 1 heterocycles. The molecule has 1 aromatic carbocycles. The molecule has 1 saturated heterocycles. The molecule has 4 amide bonds. The summed E-state index contributed by atoms with van der Waals surface area (Å²) in [7, 11) is 8.70. The number of amides is 4. The van der Waals surface area contributed by atoms with Crippen molar-refractivity contribution < 1.29 is 28.7 Å². The third-order valence-corrected chi connectivity index (χ3v) is 10.5. The molecular weight excluding hydrogens is 634 g/mol. The van der Waals surface area contributed by atoms with E-state index in [2.05, 4.69) is 24.5 Å². The fourth-order valence-electron chi connectivity index (χ4n) is 7.51.